The number of carboxylic acid groups (broad SMARTS) is 1. The maximum atomic E-state index is 12.6. The molecule has 0 spiro atoms. The molecule has 0 unspecified atom stereocenters. The van der Waals surface area contributed by atoms with Crippen LogP contribution in [0.2, 0.25) is 0 Å². The minimum atomic E-state index is -2.35. The van der Waals surface area contributed by atoms with Crippen LogP contribution < -0.4 is 5.73 Å². The van der Waals surface area contributed by atoms with Gasteiger partial charge in [-0.25, -0.2) is 0 Å². The zero-order valence-corrected chi connectivity index (χ0v) is 37.8. The fourth-order valence-corrected chi connectivity index (χ4v) is 8.11. The molecule has 0 saturated carbocycles. The molecule has 18 heteroatoms. The number of aliphatic hydroxyl groups excluding tert-OH is 9. The average Bonchev–Trinajstić information content (AvgIpc) is 3.21. The molecule has 2 fully saturated rings. The molecule has 3 aliphatic rings. The maximum Gasteiger partial charge on any atom is 0.311 e. The Labute approximate surface area is 389 Å². The topological polar surface area (TPSA) is 320 Å². The second-order valence-electron chi connectivity index (χ2n) is 17.8. The van der Waals surface area contributed by atoms with Crippen molar-refractivity contribution in [1.82, 2.24) is 0 Å². The van der Waals surface area contributed by atoms with E-state index < -0.39 is 141 Å². The third-order valence-corrected chi connectivity index (χ3v) is 12.2. The number of hydrogen-bond donors (Lipinski definition) is 12. The molecule has 0 aromatic rings. The van der Waals surface area contributed by atoms with E-state index in [-0.39, 0.29) is 45.4 Å². The fourth-order valence-electron chi connectivity index (χ4n) is 8.11. The van der Waals surface area contributed by atoms with Gasteiger partial charge in [-0.3, -0.25) is 9.59 Å². The molecular formula is C48H79NO17. The lowest BCUT2D eigenvalue weighted by molar-refractivity contribution is -0.310. The summed E-state index contributed by atoms with van der Waals surface area (Å²) in [5, 5.41) is 118. The predicted octanol–water partition coefficient (Wildman–Crippen LogP) is 1.57. The summed E-state index contributed by atoms with van der Waals surface area (Å²) in [5.41, 5.74) is 6.02. The van der Waals surface area contributed by atoms with E-state index in [1.54, 1.807) is 38.2 Å². The molecule has 0 aromatic carbocycles. The van der Waals surface area contributed by atoms with E-state index in [1.165, 1.54) is 13.0 Å². The molecule has 3 rings (SSSR count). The number of carboxylic acids is 1. The number of allylic oxidation sites excluding steroid dienone is 10. The fraction of sp³-hybridized carbons (Fsp3) is 0.708. The number of ether oxygens (including phenoxy) is 4. The highest BCUT2D eigenvalue weighted by molar-refractivity contribution is 5.71. The van der Waals surface area contributed by atoms with E-state index >= 15 is 0 Å². The molecule has 0 aliphatic carbocycles. The van der Waals surface area contributed by atoms with E-state index in [0.717, 1.165) is 12.8 Å². The first-order valence-corrected chi connectivity index (χ1v) is 22.6. The van der Waals surface area contributed by atoms with Gasteiger partial charge in [0.05, 0.1) is 79.6 Å². The molecular weight excluding hydrogens is 863 g/mol. The van der Waals surface area contributed by atoms with Gasteiger partial charge in [0.2, 0.25) is 0 Å². The van der Waals surface area contributed by atoms with Gasteiger partial charge in [-0.1, -0.05) is 94.2 Å². The minimum absolute atomic E-state index is 0. The van der Waals surface area contributed by atoms with E-state index in [9.17, 15) is 65.8 Å². The number of nitrogens with two attached hydrogens (primary N) is 1. The molecule has 0 aromatic heterocycles. The van der Waals surface area contributed by atoms with Gasteiger partial charge >= 0.3 is 11.9 Å². The predicted molar refractivity (Wildman–Crippen MR) is 244 cm³/mol. The lowest BCUT2D eigenvalue weighted by Crippen LogP contribution is -2.61. The molecule has 378 valence electrons. The van der Waals surface area contributed by atoms with Crippen LogP contribution in [0.1, 0.15) is 99.3 Å². The lowest BCUT2D eigenvalue weighted by Gasteiger charge is -2.45. The highest BCUT2D eigenvalue weighted by Gasteiger charge is 2.51. The van der Waals surface area contributed by atoms with Crippen LogP contribution in [-0.4, -0.2) is 166 Å². The standard InChI is InChI=1S/C47H75NO17.CH4/c1-27-17-15-13-11-9-7-5-6-8-10-12-14-16-18-34(64-46-44(58)41(48)43(57)30(4)63-46)24-38-40(45(59)60)37(54)26-47(61,65-38)25-36(53)35(52)20-19-31(49)21-32(50)22-33(51)23-39(55)62-29(3)28(2)42(27)56;/h5-6,8,10-18,27-38,40-44,46,49-54,56-58,61H,7,9,19-26,48H2,1-4H3,(H,59,60);1H4/b6-5+,10-8+,13-11+,14-12+,17-15+,18-16+;/t27-,28-,29-,30+,31+,32+,33+,34-,35+,36+,37-,38-,40+,41-,42+,43+,44-,46-,47+;/m0./s1. The number of esters is 1. The highest BCUT2D eigenvalue weighted by atomic mass is 16.7. The van der Waals surface area contributed by atoms with Crippen molar-refractivity contribution < 1.29 is 84.7 Å². The Hall–Kier alpha value is -3.18. The van der Waals surface area contributed by atoms with Crippen molar-refractivity contribution in [3.05, 3.63) is 72.9 Å². The number of rotatable bonds is 3. The van der Waals surface area contributed by atoms with Gasteiger partial charge in [0.1, 0.15) is 18.1 Å². The van der Waals surface area contributed by atoms with Crippen molar-refractivity contribution in [2.24, 2.45) is 23.5 Å². The van der Waals surface area contributed by atoms with Crippen molar-refractivity contribution in [2.75, 3.05) is 0 Å². The molecule has 2 saturated heterocycles. The summed E-state index contributed by atoms with van der Waals surface area (Å²) in [6, 6.07) is -1.14. The first kappa shape index (κ1) is 58.9. The Morgan fingerprint density at radius 2 is 1.27 bits per heavy atom. The van der Waals surface area contributed by atoms with Crippen LogP contribution in [-0.2, 0) is 28.5 Å². The van der Waals surface area contributed by atoms with Crippen LogP contribution in [0, 0.1) is 17.8 Å². The van der Waals surface area contributed by atoms with Crippen molar-refractivity contribution in [2.45, 2.75) is 197 Å². The zero-order valence-electron chi connectivity index (χ0n) is 37.8. The molecule has 0 amide bonds. The first-order valence-electron chi connectivity index (χ1n) is 22.6. The summed E-state index contributed by atoms with van der Waals surface area (Å²) < 4.78 is 23.2. The van der Waals surface area contributed by atoms with E-state index in [2.05, 4.69) is 0 Å². The maximum absolute atomic E-state index is 12.6. The molecule has 2 bridgehead atoms. The lowest BCUT2D eigenvalue weighted by atomic mass is 9.82. The Balaban J connectivity index is 0.0000150. The van der Waals surface area contributed by atoms with Crippen LogP contribution in [0.3, 0.4) is 0 Å². The summed E-state index contributed by atoms with van der Waals surface area (Å²) in [6.07, 6.45) is 2.28. The number of cyclic esters (lactones) is 1. The molecule has 3 aliphatic heterocycles. The van der Waals surface area contributed by atoms with Gasteiger partial charge in [-0.2, -0.15) is 0 Å². The van der Waals surface area contributed by atoms with Crippen molar-refractivity contribution >= 4 is 11.9 Å². The van der Waals surface area contributed by atoms with E-state index in [4.69, 9.17) is 24.7 Å². The van der Waals surface area contributed by atoms with E-state index in [0.29, 0.717) is 0 Å². The van der Waals surface area contributed by atoms with Gasteiger partial charge in [0.15, 0.2) is 12.1 Å². The van der Waals surface area contributed by atoms with E-state index in [1.807, 2.05) is 49.5 Å². The molecule has 19 atom stereocenters. The Kier molecular flexibility index (Phi) is 25.9. The Morgan fingerprint density at radius 1 is 0.697 bits per heavy atom. The summed E-state index contributed by atoms with van der Waals surface area (Å²) >= 11 is 0. The van der Waals surface area contributed by atoms with Gasteiger partial charge in [-0.15, -0.1) is 0 Å². The van der Waals surface area contributed by atoms with Crippen LogP contribution >= 0.6 is 0 Å². The minimum Gasteiger partial charge on any atom is -0.481 e. The Bertz CT molecular complexity index is 1620. The quantitative estimate of drug-likeness (QED) is 0.179. The highest BCUT2D eigenvalue weighted by Crippen LogP contribution is 2.38. The molecule has 18 nitrogen and oxygen atoms in total. The molecule has 13 N–H and O–H groups in total. The molecule has 0 radical (unpaired) electrons. The third-order valence-electron chi connectivity index (χ3n) is 12.2. The normalized spacial score (nSPS) is 44.6. The number of aliphatic hydroxyl groups is 10. The Morgan fingerprint density at radius 3 is 1.92 bits per heavy atom. The van der Waals surface area contributed by atoms with Gasteiger partial charge in [0.25, 0.3) is 0 Å². The average molecular weight is 942 g/mol. The van der Waals surface area contributed by atoms with Gasteiger partial charge in [0, 0.05) is 31.1 Å². The van der Waals surface area contributed by atoms with Crippen LogP contribution in [0.15, 0.2) is 72.9 Å². The smallest absolute Gasteiger partial charge is 0.311 e. The second kappa shape index (κ2) is 29.0. The van der Waals surface area contributed by atoms with Gasteiger partial charge < -0.3 is 80.9 Å². The SMILES string of the molecule is C.C[C@@H]1[C@H](O)[C@@H](C)/C=C/C=C/CC/C=C/C=C/C=C/C=C/[C@H](O[C@@H]2O[C@H](C)[C@@H](O)[C@H](N)[C@@H]2O)C[C@@H]2O[C@](O)(C[C@@H](O)[C@H](O)CC[C@@H](O)C[C@@H](O)C[C@@H](O)CC(=O)O[C@H]1C)C[C@H](O)[C@H]2C(=O)O. The molecule has 3 heterocycles. The summed E-state index contributed by atoms with van der Waals surface area (Å²) in [4.78, 5) is 25.1. The van der Waals surface area contributed by atoms with Crippen LogP contribution in [0.4, 0.5) is 0 Å². The third kappa shape index (κ3) is 19.4. The summed E-state index contributed by atoms with van der Waals surface area (Å²) in [7, 11) is 0. The summed E-state index contributed by atoms with van der Waals surface area (Å²) in [5.74, 6) is -6.82. The van der Waals surface area contributed by atoms with Crippen molar-refractivity contribution in [3.63, 3.8) is 0 Å². The van der Waals surface area contributed by atoms with Crippen molar-refractivity contribution in [1.29, 1.82) is 0 Å². The number of carbonyl (C=O) groups excluding carboxylic acids is 1. The number of fused-ring (bicyclic) bond motifs is 2. The first-order chi connectivity index (χ1) is 30.6. The second-order valence-corrected chi connectivity index (χ2v) is 17.8. The number of carbonyl (C=O) groups is 2. The number of aliphatic carboxylic acids is 1. The molecule has 66 heavy (non-hydrogen) atoms. The largest absolute Gasteiger partial charge is 0.481 e. The summed E-state index contributed by atoms with van der Waals surface area (Å²) in [6.45, 7) is 6.78. The zero-order chi connectivity index (χ0) is 48.4. The van der Waals surface area contributed by atoms with Gasteiger partial charge in [-0.05, 0) is 52.4 Å². The monoisotopic (exact) mass is 942 g/mol. The number of hydrogen-bond acceptors (Lipinski definition) is 17. The van der Waals surface area contributed by atoms with Crippen LogP contribution in [0.25, 0.3) is 0 Å². The van der Waals surface area contributed by atoms with Crippen molar-refractivity contribution in [3.8, 4) is 0 Å². The van der Waals surface area contributed by atoms with Crippen LogP contribution in [0.5, 0.6) is 0 Å².